The summed E-state index contributed by atoms with van der Waals surface area (Å²) >= 11 is 0. The van der Waals surface area contributed by atoms with Crippen molar-refractivity contribution in [2.24, 2.45) is 0 Å². The third-order valence-corrected chi connectivity index (χ3v) is 10.6. The summed E-state index contributed by atoms with van der Waals surface area (Å²) in [6.45, 7) is 1.95. The van der Waals surface area contributed by atoms with Crippen molar-refractivity contribution in [3.63, 3.8) is 0 Å². The molecule has 5 rings (SSSR count). The predicted octanol–water partition coefficient (Wildman–Crippen LogP) is 7.51. The molecule has 0 saturated carbocycles. The van der Waals surface area contributed by atoms with E-state index < -0.39 is 145 Å². The molecule has 0 fully saturated rings. The summed E-state index contributed by atoms with van der Waals surface area (Å²) in [6.07, 6.45) is 0. The molecule has 0 amide bonds. The molecule has 0 N–H and O–H groups in total. The highest BCUT2D eigenvalue weighted by Crippen LogP contribution is 2.39. The highest BCUT2D eigenvalue weighted by Gasteiger charge is 2.49. The van der Waals surface area contributed by atoms with E-state index in [2.05, 4.69) is 0 Å². The standard InChI is InChI=1S/C30H6F16Si/c1-47(2)29-11(21(39)13(31)9(19(29)37)5-3-7-15(33)23(41)27(45)24(42)16(7)34)12-22(40)14(32)10(20(38)30(12)47)6-4-8-17(35)25(43)28(46)26(44)18(8)36/h1-2H3. The molecule has 1 aliphatic rings. The number of rotatable bonds is 0. The minimum absolute atomic E-state index is 0.973. The van der Waals surface area contributed by atoms with Gasteiger partial charge in [0, 0.05) is 11.1 Å². The van der Waals surface area contributed by atoms with Gasteiger partial charge < -0.3 is 0 Å². The lowest BCUT2D eigenvalue weighted by Crippen LogP contribution is -2.53. The van der Waals surface area contributed by atoms with Crippen LogP contribution in [0.3, 0.4) is 0 Å². The lowest BCUT2D eigenvalue weighted by molar-refractivity contribution is 0.376. The average molecular weight is 698 g/mol. The maximum atomic E-state index is 15.8. The molecule has 1 heterocycles. The van der Waals surface area contributed by atoms with Crippen molar-refractivity contribution >= 4 is 18.4 Å². The van der Waals surface area contributed by atoms with Gasteiger partial charge in [-0.2, -0.15) is 0 Å². The van der Waals surface area contributed by atoms with Gasteiger partial charge in [-0.25, -0.2) is 70.2 Å². The minimum Gasteiger partial charge on any atom is -0.206 e. The van der Waals surface area contributed by atoms with Crippen molar-refractivity contribution < 1.29 is 70.2 Å². The van der Waals surface area contributed by atoms with Gasteiger partial charge in [0.2, 0.25) is 11.6 Å². The zero-order valence-corrected chi connectivity index (χ0v) is 23.5. The summed E-state index contributed by atoms with van der Waals surface area (Å²) in [5.41, 5.74) is -9.88. The zero-order valence-electron chi connectivity index (χ0n) is 22.5. The Balaban J connectivity index is 1.76. The van der Waals surface area contributed by atoms with Crippen LogP contribution >= 0.6 is 0 Å². The average Bonchev–Trinajstić information content (AvgIpc) is 3.28. The second kappa shape index (κ2) is 11.1. The molecule has 1 aliphatic heterocycles. The SMILES string of the molecule is C[Si]1(C)c2c(F)c(C#Cc3c(F)c(F)c(F)c(F)c3F)c(F)c(F)c2-c2c(F)c(F)c(C#Cc3c(F)c(F)c(F)c(F)c3F)c(F)c21. The monoisotopic (exact) mass is 698 g/mol. The lowest BCUT2D eigenvalue weighted by atomic mass is 9.99. The maximum Gasteiger partial charge on any atom is 0.200 e. The fourth-order valence-corrected chi connectivity index (χ4v) is 8.30. The highest BCUT2D eigenvalue weighted by molar-refractivity contribution is 7.04. The van der Waals surface area contributed by atoms with Crippen LogP contribution in [0.4, 0.5) is 70.2 Å². The molecule has 0 aliphatic carbocycles. The van der Waals surface area contributed by atoms with E-state index in [0.29, 0.717) is 0 Å². The Labute approximate surface area is 252 Å². The Morgan fingerprint density at radius 3 is 0.723 bits per heavy atom. The number of hydrogen-bond acceptors (Lipinski definition) is 0. The Morgan fingerprint density at radius 2 is 0.468 bits per heavy atom. The van der Waals surface area contributed by atoms with Crippen molar-refractivity contribution in [1.29, 1.82) is 0 Å². The van der Waals surface area contributed by atoms with E-state index >= 15 is 26.3 Å². The first-order valence-corrected chi connectivity index (χ1v) is 15.3. The van der Waals surface area contributed by atoms with Gasteiger partial charge in [-0.3, -0.25) is 0 Å². The first kappa shape index (κ1) is 33.5. The van der Waals surface area contributed by atoms with Gasteiger partial charge >= 0.3 is 0 Å². The Morgan fingerprint density at radius 1 is 0.277 bits per heavy atom. The lowest BCUT2D eigenvalue weighted by Gasteiger charge is -2.21. The summed E-state index contributed by atoms with van der Waals surface area (Å²) in [5.74, 6) is -32.7. The van der Waals surface area contributed by atoms with Crippen molar-refractivity contribution in [3.05, 3.63) is 115 Å². The van der Waals surface area contributed by atoms with Crippen LogP contribution in [0.5, 0.6) is 0 Å². The van der Waals surface area contributed by atoms with Gasteiger partial charge in [-0.15, -0.1) is 0 Å². The Hall–Kier alpha value is -4.90. The third kappa shape index (κ3) is 4.58. The van der Waals surface area contributed by atoms with Crippen LogP contribution in [-0.2, 0) is 0 Å². The molecule has 0 spiro atoms. The fraction of sp³-hybridized carbons (Fsp3) is 0.0667. The van der Waals surface area contributed by atoms with E-state index in [-0.39, 0.29) is 0 Å². The molecule has 47 heavy (non-hydrogen) atoms. The normalized spacial score (nSPS) is 12.7. The van der Waals surface area contributed by atoms with Crippen molar-refractivity contribution in [1.82, 2.24) is 0 Å². The highest BCUT2D eigenvalue weighted by atomic mass is 28.3. The van der Waals surface area contributed by atoms with Gasteiger partial charge in [-0.05, 0) is 10.4 Å². The van der Waals surface area contributed by atoms with Crippen LogP contribution in [0.2, 0.25) is 13.1 Å². The van der Waals surface area contributed by atoms with Gasteiger partial charge in [0.1, 0.15) is 30.8 Å². The molecule has 0 aromatic heterocycles. The van der Waals surface area contributed by atoms with Crippen molar-refractivity contribution in [2.45, 2.75) is 13.1 Å². The summed E-state index contributed by atoms with van der Waals surface area (Å²) in [6, 6.07) is 0. The zero-order chi connectivity index (χ0) is 35.2. The van der Waals surface area contributed by atoms with Gasteiger partial charge in [0.15, 0.2) is 69.8 Å². The molecule has 17 heteroatoms. The quantitative estimate of drug-likeness (QED) is 0.0587. The maximum absolute atomic E-state index is 15.8. The molecule has 4 aromatic carbocycles. The van der Waals surface area contributed by atoms with E-state index in [1.807, 2.05) is 0 Å². The number of hydrogen-bond donors (Lipinski definition) is 0. The van der Waals surface area contributed by atoms with Crippen LogP contribution in [-0.4, -0.2) is 8.07 Å². The molecule has 242 valence electrons. The van der Waals surface area contributed by atoms with Crippen LogP contribution in [0.15, 0.2) is 0 Å². The second-order valence-electron chi connectivity index (χ2n) is 10.1. The number of halogens is 16. The van der Waals surface area contributed by atoms with E-state index in [1.54, 1.807) is 0 Å². The topological polar surface area (TPSA) is 0 Å². The molecule has 0 unspecified atom stereocenters. The van der Waals surface area contributed by atoms with Gasteiger partial charge in [-0.1, -0.05) is 36.8 Å². The van der Waals surface area contributed by atoms with Gasteiger partial charge in [0.25, 0.3) is 0 Å². The van der Waals surface area contributed by atoms with Crippen LogP contribution in [0.25, 0.3) is 11.1 Å². The molecule has 4 aromatic rings. The predicted molar refractivity (Wildman–Crippen MR) is 133 cm³/mol. The third-order valence-electron chi connectivity index (χ3n) is 7.19. The van der Waals surface area contributed by atoms with Gasteiger partial charge in [0.05, 0.1) is 11.1 Å². The molecule has 0 atom stereocenters. The summed E-state index contributed by atoms with van der Waals surface area (Å²) < 4.78 is 230. The summed E-state index contributed by atoms with van der Waals surface area (Å²) in [4.78, 5) is 0. The minimum atomic E-state index is -4.29. The number of fused-ring (bicyclic) bond motifs is 3. The molecule has 0 saturated heterocycles. The Kier molecular flexibility index (Phi) is 7.91. The smallest absolute Gasteiger partial charge is 0.200 e. The Bertz CT molecular complexity index is 2030. The molecular formula is C30H6F16Si. The first-order chi connectivity index (χ1) is 21.8. The molecule has 0 bridgehead atoms. The molecule has 0 nitrogen and oxygen atoms in total. The molecule has 0 radical (unpaired) electrons. The van der Waals surface area contributed by atoms with Crippen molar-refractivity contribution in [3.8, 4) is 34.8 Å². The second-order valence-corrected chi connectivity index (χ2v) is 14.4. The summed E-state index contributed by atoms with van der Waals surface area (Å²) in [7, 11) is -4.29. The first-order valence-electron chi connectivity index (χ1n) is 12.3. The van der Waals surface area contributed by atoms with Crippen LogP contribution < -0.4 is 10.4 Å². The summed E-state index contributed by atoms with van der Waals surface area (Å²) in [5, 5.41) is -2.04. The van der Waals surface area contributed by atoms with Crippen LogP contribution in [0, 0.1) is 117 Å². The van der Waals surface area contributed by atoms with Crippen LogP contribution in [0.1, 0.15) is 22.3 Å². The molecular weight excluding hydrogens is 692 g/mol. The number of benzene rings is 4. The van der Waals surface area contributed by atoms with Crippen molar-refractivity contribution in [2.75, 3.05) is 0 Å². The van der Waals surface area contributed by atoms with E-state index in [9.17, 15) is 43.9 Å². The van der Waals surface area contributed by atoms with E-state index in [1.165, 1.54) is 23.7 Å². The fourth-order valence-electron chi connectivity index (χ4n) is 4.99. The van der Waals surface area contributed by atoms with E-state index in [4.69, 9.17) is 0 Å². The largest absolute Gasteiger partial charge is 0.206 e. The van der Waals surface area contributed by atoms with E-state index in [0.717, 1.165) is 13.1 Å².